The number of Topliss-reactive ketones (excluding diaryl/α,β-unsaturated/α-hetero) is 1. The Kier molecular flexibility index (Phi) is 5.44. The Morgan fingerprint density at radius 2 is 1.48 bits per heavy atom. The summed E-state index contributed by atoms with van der Waals surface area (Å²) in [6.07, 6.45) is 0. The largest absolute Gasteiger partial charge is 0.324 e. The number of carbonyl (C=O) groups is 4. The van der Waals surface area contributed by atoms with E-state index in [-0.39, 0.29) is 26.4 Å². The molecule has 138 valence electrons. The summed E-state index contributed by atoms with van der Waals surface area (Å²) in [7, 11) is 0. The van der Waals surface area contributed by atoms with Gasteiger partial charge in [0.1, 0.15) is 0 Å². The van der Waals surface area contributed by atoms with Crippen LogP contribution < -0.4 is 10.2 Å². The molecular formula is C17H8Cl4N2O4. The molecule has 0 saturated carbocycles. The van der Waals surface area contributed by atoms with Crippen molar-refractivity contribution in [2.45, 2.75) is 0 Å². The summed E-state index contributed by atoms with van der Waals surface area (Å²) >= 11 is 23.5. The Morgan fingerprint density at radius 3 is 2.07 bits per heavy atom. The molecule has 0 bridgehead atoms. The number of nitrogens with one attached hydrogen (secondary N) is 1. The molecule has 27 heavy (non-hydrogen) atoms. The van der Waals surface area contributed by atoms with Gasteiger partial charge in [-0.1, -0.05) is 46.4 Å². The van der Waals surface area contributed by atoms with Crippen molar-refractivity contribution in [1.29, 1.82) is 0 Å². The number of amides is 3. The van der Waals surface area contributed by atoms with Gasteiger partial charge >= 0.3 is 5.91 Å². The van der Waals surface area contributed by atoms with Crippen molar-refractivity contribution in [3.05, 3.63) is 56.5 Å². The van der Waals surface area contributed by atoms with E-state index in [0.717, 1.165) is 0 Å². The molecule has 1 aliphatic heterocycles. The molecule has 0 unspecified atom stereocenters. The highest BCUT2D eigenvalue weighted by Gasteiger charge is 2.52. The lowest BCUT2D eigenvalue weighted by atomic mass is 10.1. The molecule has 1 aliphatic rings. The second-order valence-corrected chi connectivity index (χ2v) is 7.17. The zero-order chi connectivity index (χ0) is 19.9. The van der Waals surface area contributed by atoms with Crippen LogP contribution in [0.25, 0.3) is 0 Å². The standard InChI is InChI=1S/C17H8Cl4N2O4/c18-7-1-3-11(9(20)5-7)22-15(25)13-14(24)17(27)23(16(13)26)12-4-2-8(19)6-10(12)21/h1-6,13H,(H,22,25)/t13-/m0/s1. The second-order valence-electron chi connectivity index (χ2n) is 5.49. The van der Waals surface area contributed by atoms with Gasteiger partial charge in [0, 0.05) is 10.0 Å². The van der Waals surface area contributed by atoms with Crippen LogP contribution in [0.15, 0.2) is 36.4 Å². The highest BCUT2D eigenvalue weighted by atomic mass is 35.5. The van der Waals surface area contributed by atoms with Gasteiger partial charge in [-0.3, -0.25) is 19.2 Å². The average Bonchev–Trinajstić information content (AvgIpc) is 2.80. The summed E-state index contributed by atoms with van der Waals surface area (Å²) in [6, 6.07) is 8.26. The first-order valence-electron chi connectivity index (χ1n) is 7.34. The van der Waals surface area contributed by atoms with E-state index >= 15 is 0 Å². The van der Waals surface area contributed by atoms with E-state index in [9.17, 15) is 19.2 Å². The Morgan fingerprint density at radius 1 is 0.889 bits per heavy atom. The van der Waals surface area contributed by atoms with Crippen molar-refractivity contribution >= 4 is 81.3 Å². The van der Waals surface area contributed by atoms with Gasteiger partial charge in [0.25, 0.3) is 5.91 Å². The van der Waals surface area contributed by atoms with E-state index in [2.05, 4.69) is 5.32 Å². The van der Waals surface area contributed by atoms with Gasteiger partial charge in [-0.15, -0.1) is 0 Å². The zero-order valence-electron chi connectivity index (χ0n) is 13.1. The quantitative estimate of drug-likeness (QED) is 0.439. The van der Waals surface area contributed by atoms with E-state index in [1.54, 1.807) is 0 Å². The summed E-state index contributed by atoms with van der Waals surface area (Å²) in [5.74, 6) is -6.19. The van der Waals surface area contributed by atoms with Crippen LogP contribution in [0.4, 0.5) is 11.4 Å². The van der Waals surface area contributed by atoms with E-state index in [0.29, 0.717) is 9.92 Å². The van der Waals surface area contributed by atoms with E-state index in [4.69, 9.17) is 46.4 Å². The lowest BCUT2D eigenvalue weighted by Crippen LogP contribution is -2.35. The molecule has 1 atom stereocenters. The van der Waals surface area contributed by atoms with Gasteiger partial charge in [0.15, 0.2) is 5.92 Å². The number of benzene rings is 2. The number of ketones is 1. The predicted octanol–water partition coefficient (Wildman–Crippen LogP) is 4.00. The van der Waals surface area contributed by atoms with Crippen LogP contribution >= 0.6 is 46.4 Å². The van der Waals surface area contributed by atoms with Crippen molar-refractivity contribution in [3.8, 4) is 0 Å². The molecule has 2 aromatic carbocycles. The third kappa shape index (κ3) is 3.66. The Labute approximate surface area is 172 Å². The van der Waals surface area contributed by atoms with E-state index < -0.39 is 29.4 Å². The van der Waals surface area contributed by atoms with Crippen molar-refractivity contribution in [3.63, 3.8) is 0 Å². The van der Waals surface area contributed by atoms with Gasteiger partial charge < -0.3 is 5.32 Å². The zero-order valence-corrected chi connectivity index (χ0v) is 16.2. The first-order valence-corrected chi connectivity index (χ1v) is 8.85. The fraction of sp³-hybridized carbons (Fsp3) is 0.0588. The van der Waals surface area contributed by atoms with Gasteiger partial charge in [0.2, 0.25) is 11.7 Å². The lowest BCUT2D eigenvalue weighted by molar-refractivity contribution is -0.139. The minimum Gasteiger partial charge on any atom is -0.324 e. The van der Waals surface area contributed by atoms with Crippen LogP contribution in [0.3, 0.4) is 0 Å². The van der Waals surface area contributed by atoms with Gasteiger partial charge in [-0.05, 0) is 36.4 Å². The molecule has 2 aromatic rings. The maximum Gasteiger partial charge on any atom is 0.302 e. The number of rotatable bonds is 3. The van der Waals surface area contributed by atoms with Crippen molar-refractivity contribution in [2.24, 2.45) is 5.92 Å². The Balaban J connectivity index is 1.90. The number of nitrogens with zero attached hydrogens (tertiary/aromatic N) is 1. The monoisotopic (exact) mass is 444 g/mol. The average molecular weight is 446 g/mol. The summed E-state index contributed by atoms with van der Waals surface area (Å²) < 4.78 is 0. The lowest BCUT2D eigenvalue weighted by Gasteiger charge is -2.15. The number of anilines is 2. The van der Waals surface area contributed by atoms with Crippen LogP contribution in [0.1, 0.15) is 0 Å². The Hall–Kier alpha value is -2.12. The normalized spacial score (nSPS) is 16.8. The molecule has 6 nitrogen and oxygen atoms in total. The maximum absolute atomic E-state index is 12.6. The topological polar surface area (TPSA) is 83.6 Å². The summed E-state index contributed by atoms with van der Waals surface area (Å²) in [5.41, 5.74) is 0.103. The minimum absolute atomic E-state index is 0.0150. The number of halogens is 4. The van der Waals surface area contributed by atoms with Crippen LogP contribution in [-0.4, -0.2) is 23.5 Å². The highest BCUT2D eigenvalue weighted by molar-refractivity contribution is 6.60. The maximum atomic E-state index is 12.6. The summed E-state index contributed by atoms with van der Waals surface area (Å²) in [4.78, 5) is 50.2. The van der Waals surface area contributed by atoms with Gasteiger partial charge in [0.05, 0.1) is 21.4 Å². The van der Waals surface area contributed by atoms with Crippen molar-refractivity contribution in [1.82, 2.24) is 0 Å². The minimum atomic E-state index is -1.85. The van der Waals surface area contributed by atoms with Crippen LogP contribution in [-0.2, 0) is 19.2 Å². The smallest absolute Gasteiger partial charge is 0.302 e. The third-order valence-electron chi connectivity index (χ3n) is 3.75. The molecule has 1 fully saturated rings. The van der Waals surface area contributed by atoms with E-state index in [1.807, 2.05) is 0 Å². The number of imide groups is 1. The number of hydrogen-bond donors (Lipinski definition) is 1. The fourth-order valence-corrected chi connectivity index (χ4v) is 3.44. The number of hydrogen-bond acceptors (Lipinski definition) is 4. The van der Waals surface area contributed by atoms with Crippen LogP contribution in [0.2, 0.25) is 20.1 Å². The molecular weight excluding hydrogens is 438 g/mol. The summed E-state index contributed by atoms with van der Waals surface area (Å²) in [5, 5.41) is 3.06. The molecule has 0 aromatic heterocycles. The third-order valence-corrected chi connectivity index (χ3v) is 4.83. The summed E-state index contributed by atoms with van der Waals surface area (Å²) in [6.45, 7) is 0. The van der Waals surface area contributed by atoms with Gasteiger partial charge in [-0.2, -0.15) is 0 Å². The molecule has 1 N–H and O–H groups in total. The molecule has 1 saturated heterocycles. The van der Waals surface area contributed by atoms with Crippen LogP contribution in [0, 0.1) is 5.92 Å². The first kappa shape index (κ1) is 19.6. The van der Waals surface area contributed by atoms with Gasteiger partial charge in [-0.25, -0.2) is 4.90 Å². The van der Waals surface area contributed by atoms with Crippen molar-refractivity contribution in [2.75, 3.05) is 10.2 Å². The predicted molar refractivity (Wildman–Crippen MR) is 103 cm³/mol. The second kappa shape index (κ2) is 7.48. The molecule has 0 spiro atoms. The Bertz CT molecular complexity index is 1010. The molecule has 0 radical (unpaired) electrons. The van der Waals surface area contributed by atoms with E-state index in [1.165, 1.54) is 36.4 Å². The SMILES string of the molecule is O=C(Nc1ccc(Cl)cc1Cl)[C@@H]1C(=O)C(=O)N(c2ccc(Cl)cc2Cl)C1=O. The van der Waals surface area contributed by atoms with Crippen molar-refractivity contribution < 1.29 is 19.2 Å². The molecule has 0 aliphatic carbocycles. The van der Waals surface area contributed by atoms with Crippen LogP contribution in [0.5, 0.6) is 0 Å². The molecule has 10 heteroatoms. The number of carbonyl (C=O) groups excluding carboxylic acids is 4. The molecule has 1 heterocycles. The highest BCUT2D eigenvalue weighted by Crippen LogP contribution is 2.33. The first-order chi connectivity index (χ1) is 12.7. The molecule has 3 rings (SSSR count). The molecule has 3 amide bonds. The fourth-order valence-electron chi connectivity index (χ4n) is 2.49.